The first-order valence-corrected chi connectivity index (χ1v) is 10.3. The minimum atomic E-state index is -3.72. The summed E-state index contributed by atoms with van der Waals surface area (Å²) in [5, 5.41) is 0.810. The molecule has 0 aliphatic carbocycles. The van der Waals surface area contributed by atoms with Gasteiger partial charge >= 0.3 is 0 Å². The normalized spacial score (nSPS) is 11.1. The highest BCUT2D eigenvalue weighted by atomic mass is 32.2. The van der Waals surface area contributed by atoms with Crippen LogP contribution in [0.5, 0.6) is 0 Å². The Kier molecular flexibility index (Phi) is 5.42. The summed E-state index contributed by atoms with van der Waals surface area (Å²) in [6.45, 7) is 5.93. The molecule has 5 heteroatoms. The Balaban J connectivity index is 0.00000102. The molecule has 2 aromatic carbocycles. The lowest BCUT2D eigenvalue weighted by atomic mass is 10.1. The van der Waals surface area contributed by atoms with Crippen molar-refractivity contribution in [2.45, 2.75) is 25.7 Å². The molecular formula is C22H22N2O2S. The van der Waals surface area contributed by atoms with Crippen LogP contribution < -0.4 is 0 Å². The van der Waals surface area contributed by atoms with E-state index in [4.69, 9.17) is 0 Å². The third-order valence-corrected chi connectivity index (χ3v) is 5.86. The van der Waals surface area contributed by atoms with Crippen LogP contribution in [-0.2, 0) is 10.0 Å². The van der Waals surface area contributed by atoms with Gasteiger partial charge in [-0.1, -0.05) is 61.9 Å². The highest BCUT2D eigenvalue weighted by Gasteiger charge is 2.22. The minimum absolute atomic E-state index is 0.250. The molecule has 0 radical (unpaired) electrons. The van der Waals surface area contributed by atoms with Crippen molar-refractivity contribution in [2.75, 3.05) is 0 Å². The van der Waals surface area contributed by atoms with E-state index in [0.717, 1.165) is 22.1 Å². The monoisotopic (exact) mass is 378 g/mol. The predicted octanol–water partition coefficient (Wildman–Crippen LogP) is 5.27. The highest BCUT2D eigenvalue weighted by Crippen LogP contribution is 2.31. The standard InChI is InChI=1S/C20H16N2O2S.C2H6/c1-15-9-11-17(12-10-15)25(23,24)22-14-19(16-6-3-2-4-7-16)18-8-5-13-21-20(18)22;1-2/h2-14H,1H3;1-2H3. The second-order valence-corrected chi connectivity index (χ2v) is 7.71. The van der Waals surface area contributed by atoms with E-state index in [1.54, 1.807) is 36.7 Å². The molecule has 0 saturated heterocycles. The molecule has 4 rings (SSSR count). The van der Waals surface area contributed by atoms with E-state index in [9.17, 15) is 8.42 Å². The van der Waals surface area contributed by atoms with Crippen LogP contribution in [0.4, 0.5) is 0 Å². The van der Waals surface area contributed by atoms with E-state index in [0.29, 0.717) is 5.65 Å². The summed E-state index contributed by atoms with van der Waals surface area (Å²) < 4.78 is 27.5. The van der Waals surface area contributed by atoms with E-state index < -0.39 is 10.0 Å². The van der Waals surface area contributed by atoms with Gasteiger partial charge in [-0.25, -0.2) is 17.4 Å². The van der Waals surface area contributed by atoms with Gasteiger partial charge in [-0.3, -0.25) is 0 Å². The third-order valence-electron chi connectivity index (χ3n) is 4.19. The van der Waals surface area contributed by atoms with Gasteiger partial charge in [0.15, 0.2) is 5.65 Å². The molecule has 138 valence electrons. The fourth-order valence-corrected chi connectivity index (χ4v) is 4.21. The Morgan fingerprint density at radius 2 is 1.52 bits per heavy atom. The molecule has 0 unspecified atom stereocenters. The van der Waals surface area contributed by atoms with Crippen molar-refractivity contribution in [3.63, 3.8) is 0 Å². The van der Waals surface area contributed by atoms with Crippen LogP contribution in [0.25, 0.3) is 22.2 Å². The van der Waals surface area contributed by atoms with E-state index in [1.165, 1.54) is 3.97 Å². The fraction of sp³-hybridized carbons (Fsp3) is 0.136. The molecule has 0 saturated carbocycles. The molecule has 0 amide bonds. The maximum atomic E-state index is 13.1. The number of fused-ring (bicyclic) bond motifs is 1. The lowest BCUT2D eigenvalue weighted by molar-refractivity contribution is 0.589. The summed E-state index contributed by atoms with van der Waals surface area (Å²) in [6, 6.07) is 20.3. The van der Waals surface area contributed by atoms with Crippen molar-refractivity contribution in [3.8, 4) is 11.1 Å². The number of pyridine rings is 1. The van der Waals surface area contributed by atoms with Gasteiger partial charge in [0.1, 0.15) is 0 Å². The number of hydrogen-bond acceptors (Lipinski definition) is 3. The van der Waals surface area contributed by atoms with Crippen LogP contribution in [0, 0.1) is 6.92 Å². The average molecular weight is 378 g/mol. The molecule has 0 aliphatic rings. The van der Waals surface area contributed by atoms with Crippen molar-refractivity contribution in [2.24, 2.45) is 0 Å². The van der Waals surface area contributed by atoms with Gasteiger partial charge in [-0.05, 0) is 36.8 Å². The molecule has 0 spiro atoms. The van der Waals surface area contributed by atoms with Gasteiger partial charge in [0.2, 0.25) is 0 Å². The van der Waals surface area contributed by atoms with Gasteiger partial charge in [0.25, 0.3) is 10.0 Å². The van der Waals surface area contributed by atoms with Crippen molar-refractivity contribution in [1.29, 1.82) is 0 Å². The first-order chi connectivity index (χ1) is 13.1. The molecule has 0 N–H and O–H groups in total. The largest absolute Gasteiger partial charge is 0.269 e. The molecule has 0 atom stereocenters. The van der Waals surface area contributed by atoms with Crippen molar-refractivity contribution in [1.82, 2.24) is 8.96 Å². The zero-order valence-corrected chi connectivity index (χ0v) is 16.4. The highest BCUT2D eigenvalue weighted by molar-refractivity contribution is 7.90. The molecule has 27 heavy (non-hydrogen) atoms. The molecule has 2 aromatic heterocycles. The molecule has 0 bridgehead atoms. The van der Waals surface area contributed by atoms with Crippen LogP contribution in [-0.4, -0.2) is 17.4 Å². The third kappa shape index (κ3) is 3.51. The Morgan fingerprint density at radius 3 is 2.19 bits per heavy atom. The van der Waals surface area contributed by atoms with Crippen molar-refractivity contribution < 1.29 is 8.42 Å². The van der Waals surface area contributed by atoms with Crippen molar-refractivity contribution >= 4 is 21.1 Å². The number of aromatic nitrogens is 2. The van der Waals surface area contributed by atoms with E-state index in [1.807, 2.05) is 63.2 Å². The average Bonchev–Trinajstić information content (AvgIpc) is 3.11. The second kappa shape index (κ2) is 7.76. The van der Waals surface area contributed by atoms with Crippen LogP contribution in [0.2, 0.25) is 0 Å². The topological polar surface area (TPSA) is 52.0 Å². The zero-order valence-electron chi connectivity index (χ0n) is 15.6. The van der Waals surface area contributed by atoms with Crippen molar-refractivity contribution in [3.05, 3.63) is 84.7 Å². The van der Waals surface area contributed by atoms with E-state index in [-0.39, 0.29) is 4.90 Å². The van der Waals surface area contributed by atoms with Gasteiger partial charge in [-0.15, -0.1) is 0 Å². The Hall–Kier alpha value is -2.92. The van der Waals surface area contributed by atoms with Crippen LogP contribution in [0.1, 0.15) is 19.4 Å². The summed E-state index contributed by atoms with van der Waals surface area (Å²) >= 11 is 0. The van der Waals surface area contributed by atoms with Gasteiger partial charge < -0.3 is 0 Å². The number of aryl methyl sites for hydroxylation is 1. The SMILES string of the molecule is CC.Cc1ccc(S(=O)(=O)n2cc(-c3ccccc3)c3cccnc32)cc1. The summed E-state index contributed by atoms with van der Waals surface area (Å²) in [5.41, 5.74) is 3.25. The van der Waals surface area contributed by atoms with Crippen LogP contribution >= 0.6 is 0 Å². The Bertz CT molecular complexity index is 1150. The second-order valence-electron chi connectivity index (χ2n) is 5.90. The first-order valence-electron chi connectivity index (χ1n) is 8.91. The zero-order chi connectivity index (χ0) is 19.4. The van der Waals surface area contributed by atoms with Gasteiger partial charge in [-0.2, -0.15) is 0 Å². The number of benzene rings is 2. The van der Waals surface area contributed by atoms with Crippen LogP contribution in [0.3, 0.4) is 0 Å². The molecular weight excluding hydrogens is 356 g/mol. The molecule has 0 aliphatic heterocycles. The summed E-state index contributed by atoms with van der Waals surface area (Å²) in [6.07, 6.45) is 3.26. The molecule has 0 fully saturated rings. The Morgan fingerprint density at radius 1 is 0.852 bits per heavy atom. The van der Waals surface area contributed by atoms with E-state index >= 15 is 0 Å². The maximum absolute atomic E-state index is 13.1. The number of nitrogens with zero attached hydrogens (tertiary/aromatic N) is 2. The van der Waals surface area contributed by atoms with E-state index in [2.05, 4.69) is 4.98 Å². The summed E-state index contributed by atoms with van der Waals surface area (Å²) in [4.78, 5) is 4.57. The van der Waals surface area contributed by atoms with Gasteiger partial charge in [0.05, 0.1) is 4.90 Å². The fourth-order valence-electron chi connectivity index (χ4n) is 2.89. The minimum Gasteiger partial charge on any atom is -0.237 e. The van der Waals surface area contributed by atoms with Gasteiger partial charge in [0, 0.05) is 23.3 Å². The molecule has 4 nitrogen and oxygen atoms in total. The predicted molar refractivity (Wildman–Crippen MR) is 110 cm³/mol. The lowest BCUT2D eigenvalue weighted by Gasteiger charge is -2.07. The quantitative estimate of drug-likeness (QED) is 0.488. The maximum Gasteiger partial charge on any atom is 0.269 e. The smallest absolute Gasteiger partial charge is 0.237 e. The molecule has 4 aromatic rings. The summed E-state index contributed by atoms with van der Waals surface area (Å²) in [7, 11) is -3.72. The number of rotatable bonds is 3. The number of hydrogen-bond donors (Lipinski definition) is 0. The summed E-state index contributed by atoms with van der Waals surface area (Å²) in [5.74, 6) is 0. The Labute approximate surface area is 160 Å². The lowest BCUT2D eigenvalue weighted by Crippen LogP contribution is -2.12. The van der Waals surface area contributed by atoms with Crippen LogP contribution in [0.15, 0.2) is 84.0 Å². The first kappa shape index (κ1) is 18.9. The molecule has 2 heterocycles.